The predicted octanol–water partition coefficient (Wildman–Crippen LogP) is 0.484. The highest BCUT2D eigenvalue weighted by Gasteiger charge is 2.39. The van der Waals surface area contributed by atoms with Gasteiger partial charge in [-0.25, -0.2) is 4.79 Å². The molecule has 2 rings (SSSR count). The molecule has 0 spiro atoms. The number of nitrogens with one attached hydrogen (secondary N) is 2. The minimum atomic E-state index is -1.14. The molecule has 0 bridgehead atoms. The Morgan fingerprint density at radius 2 is 1.83 bits per heavy atom. The van der Waals surface area contributed by atoms with Crippen molar-refractivity contribution in [3.05, 3.63) is 35.9 Å². The number of rotatable bonds is 15. The highest BCUT2D eigenvalue weighted by atomic mass is 32.2. The molecule has 36 heavy (non-hydrogen) atoms. The van der Waals surface area contributed by atoms with Gasteiger partial charge in [0.05, 0.1) is 6.04 Å². The van der Waals surface area contributed by atoms with Crippen molar-refractivity contribution < 1.29 is 24.3 Å². The van der Waals surface area contributed by atoms with Gasteiger partial charge in [0.15, 0.2) is 0 Å². The van der Waals surface area contributed by atoms with Crippen molar-refractivity contribution in [3.8, 4) is 0 Å². The van der Waals surface area contributed by atoms with Gasteiger partial charge in [0.1, 0.15) is 18.1 Å². The summed E-state index contributed by atoms with van der Waals surface area (Å²) in [5.41, 5.74) is 12.3. The van der Waals surface area contributed by atoms with Gasteiger partial charge in [-0.2, -0.15) is 11.8 Å². The number of carbonyl (C=O) groups is 4. The Labute approximate surface area is 216 Å². The first kappa shape index (κ1) is 29.6. The summed E-state index contributed by atoms with van der Waals surface area (Å²) in [6.45, 7) is 0.886. The van der Waals surface area contributed by atoms with E-state index in [1.807, 2.05) is 12.3 Å². The van der Waals surface area contributed by atoms with Gasteiger partial charge in [-0.15, -0.1) is 0 Å². The number of carbonyl (C=O) groups excluding carboxylic acids is 3. The number of benzene rings is 1. The predicted molar refractivity (Wildman–Crippen MR) is 140 cm³/mol. The second kappa shape index (κ2) is 15.5. The van der Waals surface area contributed by atoms with E-state index in [4.69, 9.17) is 11.5 Å². The van der Waals surface area contributed by atoms with Crippen LogP contribution in [0.3, 0.4) is 0 Å². The van der Waals surface area contributed by atoms with Crippen LogP contribution in [0.2, 0.25) is 0 Å². The fourth-order valence-electron chi connectivity index (χ4n) is 4.23. The monoisotopic (exact) mass is 521 g/mol. The van der Waals surface area contributed by atoms with E-state index in [1.54, 1.807) is 36.0 Å². The van der Waals surface area contributed by atoms with Crippen LogP contribution in [-0.2, 0) is 25.6 Å². The van der Waals surface area contributed by atoms with Gasteiger partial charge in [0.2, 0.25) is 17.7 Å². The fraction of sp³-hybridized carbons (Fsp3) is 0.600. The van der Waals surface area contributed by atoms with E-state index in [0.717, 1.165) is 18.4 Å². The molecule has 200 valence electrons. The molecule has 1 aromatic rings. The van der Waals surface area contributed by atoms with E-state index < -0.39 is 42.0 Å². The van der Waals surface area contributed by atoms with Crippen molar-refractivity contribution in [2.45, 2.75) is 69.1 Å². The van der Waals surface area contributed by atoms with Crippen LogP contribution in [0.1, 0.15) is 44.1 Å². The Balaban J connectivity index is 2.07. The molecule has 4 unspecified atom stereocenters. The minimum absolute atomic E-state index is 0.136. The van der Waals surface area contributed by atoms with Crippen molar-refractivity contribution in [1.29, 1.82) is 0 Å². The molecule has 1 heterocycles. The van der Waals surface area contributed by atoms with Gasteiger partial charge in [0, 0.05) is 13.0 Å². The zero-order valence-corrected chi connectivity index (χ0v) is 21.7. The number of thioether (sulfide) groups is 1. The normalized spacial score (nSPS) is 17.8. The van der Waals surface area contributed by atoms with E-state index in [9.17, 15) is 24.3 Å². The highest BCUT2D eigenvalue weighted by molar-refractivity contribution is 7.98. The number of nitrogens with zero attached hydrogens (tertiary/aromatic N) is 1. The average molecular weight is 522 g/mol. The first-order valence-corrected chi connectivity index (χ1v) is 13.8. The van der Waals surface area contributed by atoms with Crippen molar-refractivity contribution in [1.82, 2.24) is 15.5 Å². The lowest BCUT2D eigenvalue weighted by Crippen LogP contribution is -2.57. The van der Waals surface area contributed by atoms with Crippen LogP contribution < -0.4 is 22.1 Å². The zero-order chi connectivity index (χ0) is 26.5. The third-order valence-corrected chi connectivity index (χ3v) is 6.91. The molecule has 1 saturated heterocycles. The average Bonchev–Trinajstić information content (AvgIpc) is 3.36. The van der Waals surface area contributed by atoms with Crippen LogP contribution in [0.15, 0.2) is 30.3 Å². The maximum atomic E-state index is 13.4. The number of unbranched alkanes of at least 4 members (excludes halogenated alkanes) is 1. The summed E-state index contributed by atoms with van der Waals surface area (Å²) in [5, 5.41) is 15.0. The standard InChI is InChI=1S/C25H39N5O5S/c1-36-15-12-19(28-22(31)18(27)10-5-6-13-26)24(33)30-14-7-11-21(30)23(32)29-20(25(34)35)16-17-8-3-2-4-9-17/h2-4,8-9,18-21H,5-7,10-16,26-27H2,1H3,(H,28,31)(H,29,32)(H,34,35). The quantitative estimate of drug-likeness (QED) is 0.208. The topological polar surface area (TPSA) is 168 Å². The zero-order valence-electron chi connectivity index (χ0n) is 20.9. The van der Waals surface area contributed by atoms with Gasteiger partial charge in [-0.3, -0.25) is 14.4 Å². The Bertz CT molecular complexity index is 872. The number of nitrogens with two attached hydrogens (primary N) is 2. The minimum Gasteiger partial charge on any atom is -0.480 e. The molecule has 1 aliphatic rings. The largest absolute Gasteiger partial charge is 0.480 e. The molecule has 3 amide bonds. The van der Waals surface area contributed by atoms with Crippen LogP contribution in [0.5, 0.6) is 0 Å². The first-order valence-electron chi connectivity index (χ1n) is 12.4. The molecule has 11 heteroatoms. The molecule has 10 nitrogen and oxygen atoms in total. The van der Waals surface area contributed by atoms with E-state index in [-0.39, 0.29) is 12.3 Å². The molecule has 1 aromatic carbocycles. The Morgan fingerprint density at radius 1 is 1.11 bits per heavy atom. The van der Waals surface area contributed by atoms with Crippen molar-refractivity contribution in [2.24, 2.45) is 11.5 Å². The third-order valence-electron chi connectivity index (χ3n) is 6.27. The summed E-state index contributed by atoms with van der Waals surface area (Å²) in [4.78, 5) is 52.5. The number of amides is 3. The molecule has 1 aliphatic heterocycles. The summed E-state index contributed by atoms with van der Waals surface area (Å²) in [5.74, 6) is -1.75. The van der Waals surface area contributed by atoms with E-state index in [0.29, 0.717) is 44.5 Å². The third kappa shape index (κ3) is 9.11. The number of carboxylic acids is 1. The molecule has 0 saturated carbocycles. The van der Waals surface area contributed by atoms with E-state index in [1.165, 1.54) is 4.90 Å². The lowest BCUT2D eigenvalue weighted by atomic mass is 10.0. The fourth-order valence-corrected chi connectivity index (χ4v) is 4.70. The molecule has 7 N–H and O–H groups in total. The maximum absolute atomic E-state index is 13.4. The van der Waals surface area contributed by atoms with Crippen LogP contribution in [0.4, 0.5) is 0 Å². The van der Waals surface area contributed by atoms with Gasteiger partial charge >= 0.3 is 5.97 Å². The Kier molecular flexibility index (Phi) is 12.7. The second-order valence-corrected chi connectivity index (χ2v) is 10.00. The molecule has 0 aromatic heterocycles. The number of aliphatic carboxylic acids is 1. The smallest absolute Gasteiger partial charge is 0.326 e. The molecule has 1 fully saturated rings. The van der Waals surface area contributed by atoms with Gasteiger partial charge < -0.3 is 32.1 Å². The summed E-state index contributed by atoms with van der Waals surface area (Å²) < 4.78 is 0. The van der Waals surface area contributed by atoms with Crippen molar-refractivity contribution >= 4 is 35.5 Å². The molecular weight excluding hydrogens is 482 g/mol. The van der Waals surface area contributed by atoms with E-state index >= 15 is 0 Å². The Morgan fingerprint density at radius 3 is 2.47 bits per heavy atom. The highest BCUT2D eigenvalue weighted by Crippen LogP contribution is 2.20. The molecular formula is C25H39N5O5S. The maximum Gasteiger partial charge on any atom is 0.326 e. The van der Waals surface area contributed by atoms with Crippen LogP contribution in [-0.4, -0.2) is 83.0 Å². The number of carboxylic acid groups (broad SMARTS) is 1. The number of hydrogen-bond donors (Lipinski definition) is 5. The Hall–Kier alpha value is -2.63. The van der Waals surface area contributed by atoms with Crippen molar-refractivity contribution in [3.63, 3.8) is 0 Å². The lowest BCUT2D eigenvalue weighted by Gasteiger charge is -2.30. The SMILES string of the molecule is CSCCC(NC(=O)C(N)CCCCN)C(=O)N1CCCC1C(=O)NC(Cc1ccccc1)C(=O)O. The lowest BCUT2D eigenvalue weighted by molar-refractivity contribution is -0.145. The molecule has 4 atom stereocenters. The van der Waals surface area contributed by atoms with Gasteiger partial charge in [-0.05, 0) is 56.2 Å². The number of likely N-dealkylation sites (tertiary alicyclic amines) is 1. The summed E-state index contributed by atoms with van der Waals surface area (Å²) in [6, 6.07) is 5.59. The number of hydrogen-bond acceptors (Lipinski definition) is 7. The molecule has 0 radical (unpaired) electrons. The second-order valence-electron chi connectivity index (χ2n) is 9.01. The van der Waals surface area contributed by atoms with E-state index in [2.05, 4.69) is 10.6 Å². The van der Waals surface area contributed by atoms with Crippen LogP contribution in [0, 0.1) is 0 Å². The van der Waals surface area contributed by atoms with Crippen LogP contribution in [0.25, 0.3) is 0 Å². The van der Waals surface area contributed by atoms with Crippen molar-refractivity contribution in [2.75, 3.05) is 25.1 Å². The van der Waals surface area contributed by atoms with Gasteiger partial charge in [-0.1, -0.05) is 36.8 Å². The summed E-state index contributed by atoms with van der Waals surface area (Å²) in [6.07, 6.45) is 5.44. The summed E-state index contributed by atoms with van der Waals surface area (Å²) in [7, 11) is 0. The molecule has 0 aliphatic carbocycles. The summed E-state index contributed by atoms with van der Waals surface area (Å²) >= 11 is 1.55. The van der Waals surface area contributed by atoms with Gasteiger partial charge in [0.25, 0.3) is 0 Å². The van der Waals surface area contributed by atoms with Crippen LogP contribution >= 0.6 is 11.8 Å². The first-order chi connectivity index (χ1) is 17.3.